The fraction of sp³-hybridized carbons (Fsp3) is 0.455. The van der Waals surface area contributed by atoms with Gasteiger partial charge < -0.3 is 20.4 Å². The summed E-state index contributed by atoms with van der Waals surface area (Å²) in [7, 11) is 0. The first-order valence-electron chi connectivity index (χ1n) is 10.3. The zero-order valence-electron chi connectivity index (χ0n) is 16.3. The van der Waals surface area contributed by atoms with E-state index >= 15 is 0 Å². The molecule has 4 rings (SSSR count). The Morgan fingerprint density at radius 1 is 1.14 bits per heavy atom. The van der Waals surface area contributed by atoms with Gasteiger partial charge in [0.1, 0.15) is 5.82 Å². The number of carbonyl (C=O) groups excluding carboxylic acids is 1. The summed E-state index contributed by atoms with van der Waals surface area (Å²) in [5.74, 6) is 0.854. The molecule has 2 aromatic rings. The molecule has 148 valence electrons. The van der Waals surface area contributed by atoms with E-state index in [1.54, 1.807) is 12.3 Å². The first-order valence-corrected chi connectivity index (χ1v) is 10.3. The zero-order chi connectivity index (χ0) is 19.2. The summed E-state index contributed by atoms with van der Waals surface area (Å²) in [4.78, 5) is 21.7. The Labute approximate surface area is 166 Å². The zero-order valence-corrected chi connectivity index (χ0v) is 16.3. The number of likely N-dealkylation sites (tertiary alicyclic amines) is 1. The van der Waals surface area contributed by atoms with E-state index in [2.05, 4.69) is 49.7 Å². The van der Waals surface area contributed by atoms with E-state index in [1.165, 1.54) is 18.4 Å². The van der Waals surface area contributed by atoms with E-state index in [4.69, 9.17) is 0 Å². The Balaban J connectivity index is 1.36. The van der Waals surface area contributed by atoms with Crippen LogP contribution in [0.1, 0.15) is 34.8 Å². The standard InChI is InChI=1S/C22H29N5O/c28-22(25-10-14-26-12-4-5-13-26)19-8-9-24-21(16-19)27-15-11-23-20(17-27)18-6-2-1-3-7-18/h1-3,6-9,16,20,23H,4-5,10-15,17H2,(H,25,28). The highest BCUT2D eigenvalue weighted by molar-refractivity contribution is 5.94. The Hall–Kier alpha value is -2.44. The smallest absolute Gasteiger partial charge is 0.251 e. The second kappa shape index (κ2) is 9.17. The highest BCUT2D eigenvalue weighted by Crippen LogP contribution is 2.21. The van der Waals surface area contributed by atoms with Gasteiger partial charge in [-0.1, -0.05) is 30.3 Å². The molecule has 3 heterocycles. The average molecular weight is 380 g/mol. The van der Waals surface area contributed by atoms with Crippen molar-refractivity contribution in [2.45, 2.75) is 18.9 Å². The minimum absolute atomic E-state index is 0.0161. The van der Waals surface area contributed by atoms with E-state index in [9.17, 15) is 4.79 Å². The number of carbonyl (C=O) groups is 1. The highest BCUT2D eigenvalue weighted by Gasteiger charge is 2.22. The summed E-state index contributed by atoms with van der Waals surface area (Å²) in [5, 5.41) is 6.63. The lowest BCUT2D eigenvalue weighted by Gasteiger charge is -2.34. The molecule has 1 unspecified atom stereocenters. The van der Waals surface area contributed by atoms with E-state index in [0.29, 0.717) is 12.1 Å². The normalized spacial score (nSPS) is 20.3. The molecule has 6 heteroatoms. The minimum Gasteiger partial charge on any atom is -0.353 e. The van der Waals surface area contributed by atoms with Crippen LogP contribution in [0.25, 0.3) is 0 Å². The number of hydrogen-bond donors (Lipinski definition) is 2. The SMILES string of the molecule is O=C(NCCN1CCCC1)c1ccnc(N2CCNC(c3ccccc3)C2)c1. The van der Waals surface area contributed by atoms with Crippen LogP contribution in [0.2, 0.25) is 0 Å². The molecule has 0 radical (unpaired) electrons. The van der Waals surface area contributed by atoms with Gasteiger partial charge in [0.2, 0.25) is 0 Å². The molecule has 0 aliphatic carbocycles. The number of amides is 1. The Bertz CT molecular complexity index is 776. The monoisotopic (exact) mass is 379 g/mol. The molecule has 2 saturated heterocycles. The number of aromatic nitrogens is 1. The molecule has 1 aromatic carbocycles. The molecule has 2 fully saturated rings. The maximum Gasteiger partial charge on any atom is 0.251 e. The number of nitrogens with one attached hydrogen (secondary N) is 2. The summed E-state index contributed by atoms with van der Waals surface area (Å²) < 4.78 is 0. The van der Waals surface area contributed by atoms with Crippen molar-refractivity contribution in [2.24, 2.45) is 0 Å². The van der Waals surface area contributed by atoms with Crippen molar-refractivity contribution in [3.05, 3.63) is 59.8 Å². The highest BCUT2D eigenvalue weighted by atomic mass is 16.1. The summed E-state index contributed by atoms with van der Waals surface area (Å²) in [6, 6.07) is 14.5. The van der Waals surface area contributed by atoms with Crippen LogP contribution in [-0.2, 0) is 0 Å². The van der Waals surface area contributed by atoms with Crippen LogP contribution in [0.3, 0.4) is 0 Å². The van der Waals surface area contributed by atoms with Crippen LogP contribution in [0.4, 0.5) is 5.82 Å². The van der Waals surface area contributed by atoms with Crippen molar-refractivity contribution in [3.63, 3.8) is 0 Å². The number of rotatable bonds is 6. The van der Waals surface area contributed by atoms with Gasteiger partial charge in [0.25, 0.3) is 5.91 Å². The van der Waals surface area contributed by atoms with Gasteiger partial charge in [-0.2, -0.15) is 0 Å². The van der Waals surface area contributed by atoms with Crippen molar-refractivity contribution in [1.82, 2.24) is 20.5 Å². The number of pyridine rings is 1. The fourth-order valence-corrected chi connectivity index (χ4v) is 4.04. The first kappa shape index (κ1) is 18.9. The number of hydrogen-bond acceptors (Lipinski definition) is 5. The molecule has 1 atom stereocenters. The fourth-order valence-electron chi connectivity index (χ4n) is 4.04. The lowest BCUT2D eigenvalue weighted by molar-refractivity contribution is 0.0949. The number of piperazine rings is 1. The van der Waals surface area contributed by atoms with Crippen LogP contribution < -0.4 is 15.5 Å². The van der Waals surface area contributed by atoms with Crippen molar-refractivity contribution in [1.29, 1.82) is 0 Å². The van der Waals surface area contributed by atoms with Gasteiger partial charge in [-0.25, -0.2) is 4.98 Å². The molecule has 28 heavy (non-hydrogen) atoms. The largest absolute Gasteiger partial charge is 0.353 e. The van der Waals surface area contributed by atoms with Crippen LogP contribution in [0, 0.1) is 0 Å². The van der Waals surface area contributed by atoms with E-state index in [1.807, 2.05) is 12.1 Å². The van der Waals surface area contributed by atoms with Crippen LogP contribution >= 0.6 is 0 Å². The van der Waals surface area contributed by atoms with Crippen molar-refractivity contribution in [3.8, 4) is 0 Å². The molecule has 6 nitrogen and oxygen atoms in total. The van der Waals surface area contributed by atoms with E-state index < -0.39 is 0 Å². The molecule has 2 aliphatic rings. The lowest BCUT2D eigenvalue weighted by atomic mass is 10.0. The summed E-state index contributed by atoms with van der Waals surface area (Å²) in [6.45, 7) is 6.56. The molecule has 1 aromatic heterocycles. The average Bonchev–Trinajstić information content (AvgIpc) is 3.28. The van der Waals surface area contributed by atoms with Crippen molar-refractivity contribution < 1.29 is 4.79 Å². The summed E-state index contributed by atoms with van der Waals surface area (Å²) in [6.07, 6.45) is 4.29. The van der Waals surface area contributed by atoms with Crippen LogP contribution in [-0.4, -0.2) is 61.6 Å². The topological polar surface area (TPSA) is 60.5 Å². The van der Waals surface area contributed by atoms with Crippen LogP contribution in [0.15, 0.2) is 48.7 Å². The van der Waals surface area contributed by atoms with Gasteiger partial charge in [0, 0.05) is 50.5 Å². The summed E-state index contributed by atoms with van der Waals surface area (Å²) >= 11 is 0. The Morgan fingerprint density at radius 3 is 2.79 bits per heavy atom. The van der Waals surface area contributed by atoms with E-state index in [-0.39, 0.29) is 11.9 Å². The van der Waals surface area contributed by atoms with Crippen molar-refractivity contribution in [2.75, 3.05) is 50.7 Å². The third-order valence-electron chi connectivity index (χ3n) is 5.62. The molecule has 0 spiro atoms. The van der Waals surface area contributed by atoms with Crippen LogP contribution in [0.5, 0.6) is 0 Å². The third-order valence-corrected chi connectivity index (χ3v) is 5.62. The quantitative estimate of drug-likeness (QED) is 0.805. The molecule has 1 amide bonds. The molecule has 2 N–H and O–H groups in total. The third kappa shape index (κ3) is 4.69. The maximum atomic E-state index is 12.6. The predicted molar refractivity (Wildman–Crippen MR) is 112 cm³/mol. The van der Waals surface area contributed by atoms with Gasteiger partial charge in [-0.3, -0.25) is 4.79 Å². The number of nitrogens with zero attached hydrogens (tertiary/aromatic N) is 3. The van der Waals surface area contributed by atoms with Crippen molar-refractivity contribution >= 4 is 11.7 Å². The molecule has 0 bridgehead atoms. The Morgan fingerprint density at radius 2 is 1.96 bits per heavy atom. The molecule has 0 saturated carbocycles. The van der Waals surface area contributed by atoms with Gasteiger partial charge in [0.15, 0.2) is 0 Å². The first-order chi connectivity index (χ1) is 13.8. The Kier molecular flexibility index (Phi) is 6.19. The number of anilines is 1. The molecular formula is C22H29N5O. The predicted octanol–water partition coefficient (Wildman–Crippen LogP) is 2.06. The van der Waals surface area contributed by atoms with Gasteiger partial charge >= 0.3 is 0 Å². The van der Waals surface area contributed by atoms with Gasteiger partial charge in [-0.05, 0) is 43.6 Å². The van der Waals surface area contributed by atoms with E-state index in [0.717, 1.165) is 45.1 Å². The number of benzene rings is 1. The maximum absolute atomic E-state index is 12.6. The minimum atomic E-state index is -0.0161. The van der Waals surface area contributed by atoms with Gasteiger partial charge in [-0.15, -0.1) is 0 Å². The lowest BCUT2D eigenvalue weighted by Crippen LogP contribution is -2.46. The molecular weight excluding hydrogens is 350 g/mol. The van der Waals surface area contributed by atoms with Gasteiger partial charge in [0.05, 0.1) is 0 Å². The molecule has 2 aliphatic heterocycles. The summed E-state index contributed by atoms with van der Waals surface area (Å²) in [5.41, 5.74) is 1.96. The second-order valence-electron chi connectivity index (χ2n) is 7.57. The second-order valence-corrected chi connectivity index (χ2v) is 7.57.